The van der Waals surface area contributed by atoms with E-state index in [0.29, 0.717) is 31.9 Å². The zero-order chi connectivity index (χ0) is 23.5. The molecule has 1 saturated carbocycles. The Morgan fingerprint density at radius 3 is 2.38 bits per heavy atom. The Hall–Kier alpha value is -2.32. The van der Waals surface area contributed by atoms with Crippen molar-refractivity contribution in [3.63, 3.8) is 0 Å². The summed E-state index contributed by atoms with van der Waals surface area (Å²) in [6.45, 7) is 4.76. The Morgan fingerprint density at radius 2 is 1.78 bits per heavy atom. The van der Waals surface area contributed by atoms with Crippen LogP contribution < -0.4 is 16.0 Å². The molecule has 3 amide bonds. The van der Waals surface area contributed by atoms with E-state index in [-0.39, 0.29) is 24.2 Å². The fourth-order valence-corrected chi connectivity index (χ4v) is 4.46. The molecule has 9 heteroatoms. The average molecular weight is 454 g/mol. The molecule has 1 aliphatic heterocycles. The monoisotopic (exact) mass is 453 g/mol. The van der Waals surface area contributed by atoms with E-state index in [0.717, 1.165) is 6.42 Å². The van der Waals surface area contributed by atoms with Gasteiger partial charge < -0.3 is 25.4 Å². The first-order valence-corrected chi connectivity index (χ1v) is 11.9. The van der Waals surface area contributed by atoms with Gasteiger partial charge in [0.1, 0.15) is 12.1 Å². The summed E-state index contributed by atoms with van der Waals surface area (Å²) in [5.41, 5.74) is 0. The van der Waals surface area contributed by atoms with Crippen LogP contribution in [0.15, 0.2) is 0 Å². The summed E-state index contributed by atoms with van der Waals surface area (Å²) in [6.07, 6.45) is 7.45. The average Bonchev–Trinajstić information content (AvgIpc) is 3.17. The molecule has 2 rings (SSSR count). The molecule has 1 aliphatic carbocycles. The van der Waals surface area contributed by atoms with Crippen molar-refractivity contribution in [2.75, 3.05) is 20.3 Å². The highest BCUT2D eigenvalue weighted by Gasteiger charge is 2.34. The van der Waals surface area contributed by atoms with Gasteiger partial charge in [-0.05, 0) is 37.5 Å². The van der Waals surface area contributed by atoms with Crippen molar-refractivity contribution in [1.82, 2.24) is 16.0 Å². The van der Waals surface area contributed by atoms with Crippen LogP contribution in [0.1, 0.15) is 71.6 Å². The first kappa shape index (κ1) is 25.9. The highest BCUT2D eigenvalue weighted by Crippen LogP contribution is 2.26. The molecule has 0 spiro atoms. The Bertz CT molecular complexity index is 648. The van der Waals surface area contributed by atoms with E-state index in [1.807, 2.05) is 13.8 Å². The number of alkyl carbamates (subject to hydrolysis) is 1. The number of carbonyl (C=O) groups excluding carboxylic acids is 4. The molecule has 2 fully saturated rings. The van der Waals surface area contributed by atoms with Gasteiger partial charge in [0.15, 0.2) is 0 Å². The second-order valence-corrected chi connectivity index (χ2v) is 9.35. The molecule has 0 aromatic heterocycles. The Balaban J connectivity index is 1.89. The molecular formula is C23H39N3O6. The molecule has 2 aliphatic rings. The third-order valence-electron chi connectivity index (χ3n) is 6.28. The standard InChI is InChI=1S/C23H39N3O6/c1-15(2)13-18(26-23(30)32-12-10-16-7-5-4-6-8-16)21(28)25-19(22(29)31-3)14-17-9-11-24-20(17)27/h15-19H,4-14H2,1-3H3,(H,24,27)(H,25,28)(H,26,30)/t17?,18-,19-/m0/s1. The fraction of sp³-hybridized carbons (Fsp3) is 0.826. The molecular weight excluding hydrogens is 414 g/mol. The number of nitrogens with one attached hydrogen (secondary N) is 3. The molecule has 0 radical (unpaired) electrons. The molecule has 1 heterocycles. The smallest absolute Gasteiger partial charge is 0.407 e. The first-order chi connectivity index (χ1) is 15.3. The Labute approximate surface area is 190 Å². The lowest BCUT2D eigenvalue weighted by Gasteiger charge is -2.24. The van der Waals surface area contributed by atoms with Crippen molar-refractivity contribution >= 4 is 23.9 Å². The number of methoxy groups -OCH3 is 1. The van der Waals surface area contributed by atoms with Crippen LogP contribution in [0.2, 0.25) is 0 Å². The Morgan fingerprint density at radius 1 is 1.06 bits per heavy atom. The predicted octanol–water partition coefficient (Wildman–Crippen LogP) is 2.28. The highest BCUT2D eigenvalue weighted by atomic mass is 16.5. The molecule has 1 saturated heterocycles. The van der Waals surface area contributed by atoms with E-state index < -0.39 is 30.1 Å². The number of rotatable bonds is 11. The summed E-state index contributed by atoms with van der Waals surface area (Å²) in [5, 5.41) is 8.04. The normalized spacial score (nSPS) is 20.9. The molecule has 0 bridgehead atoms. The van der Waals surface area contributed by atoms with Gasteiger partial charge in [0.2, 0.25) is 11.8 Å². The van der Waals surface area contributed by atoms with Crippen molar-refractivity contribution in [2.24, 2.45) is 17.8 Å². The number of amides is 3. The molecule has 0 aromatic rings. The molecule has 182 valence electrons. The molecule has 0 aromatic carbocycles. The maximum absolute atomic E-state index is 12.9. The minimum absolute atomic E-state index is 0.130. The van der Waals surface area contributed by atoms with E-state index in [9.17, 15) is 19.2 Å². The van der Waals surface area contributed by atoms with E-state index >= 15 is 0 Å². The van der Waals surface area contributed by atoms with Crippen molar-refractivity contribution in [3.8, 4) is 0 Å². The minimum Gasteiger partial charge on any atom is -0.467 e. The summed E-state index contributed by atoms with van der Waals surface area (Å²) in [6, 6.07) is -1.80. The zero-order valence-corrected chi connectivity index (χ0v) is 19.6. The van der Waals surface area contributed by atoms with E-state index in [2.05, 4.69) is 16.0 Å². The first-order valence-electron chi connectivity index (χ1n) is 11.9. The number of esters is 1. The lowest BCUT2D eigenvalue weighted by atomic mass is 9.87. The van der Waals surface area contributed by atoms with Crippen LogP contribution in [-0.4, -0.2) is 56.2 Å². The third kappa shape index (κ3) is 8.67. The van der Waals surface area contributed by atoms with Crippen LogP contribution >= 0.6 is 0 Å². The Kier molecular flexibility index (Phi) is 10.8. The molecule has 3 N–H and O–H groups in total. The second kappa shape index (κ2) is 13.3. The van der Waals surface area contributed by atoms with Gasteiger partial charge >= 0.3 is 12.1 Å². The van der Waals surface area contributed by atoms with Gasteiger partial charge in [0.05, 0.1) is 13.7 Å². The lowest BCUT2D eigenvalue weighted by molar-refractivity contribution is -0.146. The number of hydrogen-bond acceptors (Lipinski definition) is 6. The molecule has 9 nitrogen and oxygen atoms in total. The number of ether oxygens (including phenoxy) is 2. The maximum atomic E-state index is 12.9. The van der Waals surface area contributed by atoms with Gasteiger partial charge in [-0.3, -0.25) is 9.59 Å². The maximum Gasteiger partial charge on any atom is 0.407 e. The number of carbonyl (C=O) groups is 4. The van der Waals surface area contributed by atoms with Crippen LogP contribution in [-0.2, 0) is 23.9 Å². The second-order valence-electron chi connectivity index (χ2n) is 9.35. The van der Waals surface area contributed by atoms with E-state index in [1.54, 1.807) is 0 Å². The largest absolute Gasteiger partial charge is 0.467 e. The van der Waals surface area contributed by atoms with E-state index in [4.69, 9.17) is 9.47 Å². The fourth-order valence-electron chi connectivity index (χ4n) is 4.46. The van der Waals surface area contributed by atoms with Crippen molar-refractivity contribution < 1.29 is 28.7 Å². The highest BCUT2D eigenvalue weighted by molar-refractivity contribution is 5.90. The van der Waals surface area contributed by atoms with Crippen LogP contribution in [0.25, 0.3) is 0 Å². The van der Waals surface area contributed by atoms with Gasteiger partial charge in [-0.1, -0.05) is 46.0 Å². The summed E-state index contributed by atoms with van der Waals surface area (Å²) in [5.74, 6) is -0.870. The predicted molar refractivity (Wildman–Crippen MR) is 119 cm³/mol. The quantitative estimate of drug-likeness (QED) is 0.413. The van der Waals surface area contributed by atoms with Crippen LogP contribution in [0.5, 0.6) is 0 Å². The molecule has 3 atom stereocenters. The van der Waals surface area contributed by atoms with Crippen LogP contribution in [0.3, 0.4) is 0 Å². The summed E-state index contributed by atoms with van der Waals surface area (Å²) in [7, 11) is 1.24. The van der Waals surface area contributed by atoms with Crippen molar-refractivity contribution in [1.29, 1.82) is 0 Å². The van der Waals surface area contributed by atoms with Gasteiger partial charge in [-0.25, -0.2) is 9.59 Å². The summed E-state index contributed by atoms with van der Waals surface area (Å²) in [4.78, 5) is 49.4. The van der Waals surface area contributed by atoms with Gasteiger partial charge in [0.25, 0.3) is 0 Å². The zero-order valence-electron chi connectivity index (χ0n) is 19.6. The van der Waals surface area contributed by atoms with E-state index in [1.165, 1.54) is 39.2 Å². The lowest BCUT2D eigenvalue weighted by Crippen LogP contribution is -2.53. The number of hydrogen-bond donors (Lipinski definition) is 3. The summed E-state index contributed by atoms with van der Waals surface area (Å²) < 4.78 is 10.1. The molecule has 32 heavy (non-hydrogen) atoms. The van der Waals surface area contributed by atoms with Crippen molar-refractivity contribution in [2.45, 2.75) is 83.7 Å². The summed E-state index contributed by atoms with van der Waals surface area (Å²) >= 11 is 0. The SMILES string of the molecule is COC(=O)[C@H](CC1CCNC1=O)NC(=O)[C@H](CC(C)C)NC(=O)OCCC1CCCCC1. The van der Waals surface area contributed by atoms with Gasteiger partial charge in [-0.15, -0.1) is 0 Å². The topological polar surface area (TPSA) is 123 Å². The van der Waals surface area contributed by atoms with Crippen LogP contribution in [0.4, 0.5) is 4.79 Å². The van der Waals surface area contributed by atoms with Crippen molar-refractivity contribution in [3.05, 3.63) is 0 Å². The molecule has 1 unspecified atom stereocenters. The van der Waals surface area contributed by atoms with Gasteiger partial charge in [-0.2, -0.15) is 0 Å². The third-order valence-corrected chi connectivity index (χ3v) is 6.28. The van der Waals surface area contributed by atoms with Gasteiger partial charge in [0, 0.05) is 12.5 Å². The minimum atomic E-state index is -0.958. The van der Waals surface area contributed by atoms with Crippen LogP contribution in [0, 0.1) is 17.8 Å².